The Bertz CT molecular complexity index is 943. The quantitative estimate of drug-likeness (QED) is 0.698. The first-order chi connectivity index (χ1) is 15.2. The molecular weight excluding hydrogens is 420 g/mol. The van der Waals surface area contributed by atoms with Gasteiger partial charge in [-0.3, -0.25) is 9.59 Å². The molecule has 0 saturated heterocycles. The van der Waals surface area contributed by atoms with E-state index in [1.54, 1.807) is 6.08 Å². The average Bonchev–Trinajstić information content (AvgIpc) is 3.09. The molecule has 1 aliphatic heterocycles. The van der Waals surface area contributed by atoms with E-state index in [9.17, 15) is 9.59 Å². The molecule has 2 unspecified atom stereocenters. The second-order valence-electron chi connectivity index (χ2n) is 11.2. The topological polar surface area (TPSA) is 49.4 Å². The molecule has 4 aliphatic rings. The molecule has 4 nitrogen and oxygen atoms in total. The molecule has 3 fully saturated rings. The third-order valence-electron chi connectivity index (χ3n) is 9.74. The molecule has 0 bridgehead atoms. The van der Waals surface area contributed by atoms with Gasteiger partial charge in [-0.15, -0.1) is 0 Å². The third-order valence-corrected chi connectivity index (χ3v) is 9.99. The van der Waals surface area contributed by atoms with Crippen LogP contribution in [-0.4, -0.2) is 35.8 Å². The minimum atomic E-state index is 0.0722. The van der Waals surface area contributed by atoms with Gasteiger partial charge in [-0.1, -0.05) is 43.7 Å². The van der Waals surface area contributed by atoms with Crippen LogP contribution < -0.4 is 5.32 Å². The number of likely N-dealkylation sites (N-methyl/N-ethyl adjacent to an activating group) is 1. The first kappa shape index (κ1) is 22.0. The van der Waals surface area contributed by atoms with Gasteiger partial charge in [0, 0.05) is 29.6 Å². The second kappa shape index (κ2) is 7.90. The Morgan fingerprint density at radius 1 is 1.09 bits per heavy atom. The minimum absolute atomic E-state index is 0.0722. The summed E-state index contributed by atoms with van der Waals surface area (Å²) < 4.78 is 0. The van der Waals surface area contributed by atoms with Crippen LogP contribution in [0.5, 0.6) is 0 Å². The fourth-order valence-electron chi connectivity index (χ4n) is 8.01. The zero-order valence-corrected chi connectivity index (χ0v) is 20.2. The molecule has 0 radical (unpaired) electrons. The van der Waals surface area contributed by atoms with Gasteiger partial charge in [-0.25, -0.2) is 0 Å². The second-order valence-corrected chi connectivity index (χ2v) is 11.6. The van der Waals surface area contributed by atoms with Crippen molar-refractivity contribution in [3.05, 3.63) is 47.0 Å². The van der Waals surface area contributed by atoms with E-state index in [2.05, 4.69) is 25.2 Å². The highest BCUT2D eigenvalue weighted by Gasteiger charge is 2.60. The summed E-state index contributed by atoms with van der Waals surface area (Å²) in [6, 6.07) is 8.14. The van der Waals surface area contributed by atoms with Gasteiger partial charge < -0.3 is 10.2 Å². The van der Waals surface area contributed by atoms with Crippen LogP contribution in [0.15, 0.2) is 36.4 Å². The van der Waals surface area contributed by atoms with Gasteiger partial charge in [-0.2, -0.15) is 0 Å². The number of nitrogens with one attached hydrogen (secondary N) is 1. The van der Waals surface area contributed by atoms with Crippen LogP contribution >= 0.6 is 11.6 Å². The van der Waals surface area contributed by atoms with E-state index in [1.807, 2.05) is 36.2 Å². The summed E-state index contributed by atoms with van der Waals surface area (Å²) in [6.07, 6.45) is 11.3. The smallest absolute Gasteiger partial charge is 0.246 e. The highest BCUT2D eigenvalue weighted by atomic mass is 35.5. The minimum Gasteiger partial charge on any atom is -0.353 e. The number of nitrogens with zero attached hydrogens (tertiary/aromatic N) is 1. The third kappa shape index (κ3) is 3.41. The lowest BCUT2D eigenvalue weighted by atomic mass is 9.48. The molecule has 0 spiro atoms. The van der Waals surface area contributed by atoms with E-state index in [4.69, 9.17) is 11.6 Å². The Kier molecular flexibility index (Phi) is 5.43. The summed E-state index contributed by atoms with van der Waals surface area (Å²) in [5.74, 6) is 2.22. The normalized spacial score (nSPS) is 40.4. The number of carbonyl (C=O) groups excluding carboxylic acids is 2. The van der Waals surface area contributed by atoms with Crippen molar-refractivity contribution < 1.29 is 9.59 Å². The summed E-state index contributed by atoms with van der Waals surface area (Å²) in [6.45, 7) is 4.81. The number of halogens is 1. The number of fused-ring (bicyclic) bond motifs is 5. The van der Waals surface area contributed by atoms with Gasteiger partial charge >= 0.3 is 0 Å². The van der Waals surface area contributed by atoms with Crippen molar-refractivity contribution in [1.29, 1.82) is 0 Å². The molecule has 5 heteroatoms. The van der Waals surface area contributed by atoms with E-state index >= 15 is 0 Å². The molecule has 2 amide bonds. The van der Waals surface area contributed by atoms with E-state index in [0.29, 0.717) is 35.2 Å². The fourth-order valence-corrected chi connectivity index (χ4v) is 8.13. The zero-order chi connectivity index (χ0) is 22.7. The average molecular weight is 455 g/mol. The number of hydrogen-bond donors (Lipinski definition) is 1. The molecule has 32 heavy (non-hydrogen) atoms. The molecular formula is C27H35ClN2O2. The molecule has 3 saturated carbocycles. The molecule has 1 aromatic carbocycles. The SMILES string of the molecule is CN1C(=O)C=C[C@@]2(C)C1CC[C@@H]1[C@H]2CC[C@]2(C)C(NC(=O)Cc3ccc(Cl)cc3)CC[C@@H]12. The van der Waals surface area contributed by atoms with E-state index in [1.165, 1.54) is 19.3 Å². The maximum Gasteiger partial charge on any atom is 0.246 e. The van der Waals surface area contributed by atoms with Crippen LogP contribution in [0.25, 0.3) is 0 Å². The Morgan fingerprint density at radius 2 is 1.84 bits per heavy atom. The van der Waals surface area contributed by atoms with Crippen LogP contribution in [0.2, 0.25) is 5.02 Å². The standard InChI is InChI=1S/C27H35ClN2O2/c1-26-14-12-21-19(8-11-23-27(21,2)15-13-25(32)30(23)3)20(26)9-10-22(26)29-24(31)16-17-4-6-18(28)7-5-17/h4-7,13,15,19-23H,8-12,14,16H2,1-3H3,(H,29,31)/t19-,20-,21+,22?,23?,26-,27+/m0/s1. The summed E-state index contributed by atoms with van der Waals surface area (Å²) >= 11 is 5.98. The van der Waals surface area contributed by atoms with Crippen LogP contribution in [0, 0.1) is 28.6 Å². The first-order valence-corrected chi connectivity index (χ1v) is 12.6. The van der Waals surface area contributed by atoms with Gasteiger partial charge in [0.1, 0.15) is 0 Å². The molecule has 5 rings (SSSR count). The van der Waals surface area contributed by atoms with E-state index < -0.39 is 0 Å². The summed E-state index contributed by atoms with van der Waals surface area (Å²) in [5, 5.41) is 4.12. The van der Waals surface area contributed by atoms with Crippen molar-refractivity contribution in [3.8, 4) is 0 Å². The predicted octanol–water partition coefficient (Wildman–Crippen LogP) is 5.01. The first-order valence-electron chi connectivity index (χ1n) is 12.2. The molecule has 1 heterocycles. The van der Waals surface area contributed by atoms with Crippen molar-refractivity contribution in [2.45, 2.75) is 70.9 Å². The Hall–Kier alpha value is -1.81. The molecule has 172 valence electrons. The molecule has 1 aromatic rings. The largest absolute Gasteiger partial charge is 0.353 e. The van der Waals surface area contributed by atoms with Gasteiger partial charge in [0.05, 0.1) is 6.42 Å². The van der Waals surface area contributed by atoms with Crippen molar-refractivity contribution in [1.82, 2.24) is 10.2 Å². The van der Waals surface area contributed by atoms with Gasteiger partial charge in [0.15, 0.2) is 0 Å². The van der Waals surface area contributed by atoms with Gasteiger partial charge in [-0.05, 0) is 85.5 Å². The maximum absolute atomic E-state index is 12.9. The molecule has 0 aromatic heterocycles. The van der Waals surface area contributed by atoms with Crippen molar-refractivity contribution >= 4 is 23.4 Å². The van der Waals surface area contributed by atoms with E-state index in [0.717, 1.165) is 24.8 Å². The lowest BCUT2D eigenvalue weighted by molar-refractivity contribution is -0.138. The Morgan fingerprint density at radius 3 is 2.59 bits per heavy atom. The zero-order valence-electron chi connectivity index (χ0n) is 19.4. The van der Waals surface area contributed by atoms with Gasteiger partial charge in [0.2, 0.25) is 11.8 Å². The Balaban J connectivity index is 1.31. The summed E-state index contributed by atoms with van der Waals surface area (Å²) in [5.41, 5.74) is 1.24. The fraction of sp³-hybridized carbons (Fsp3) is 0.630. The number of amides is 2. The van der Waals surface area contributed by atoms with Crippen molar-refractivity contribution in [2.75, 3.05) is 7.05 Å². The Labute approximate surface area is 196 Å². The van der Waals surface area contributed by atoms with Crippen LogP contribution in [0.3, 0.4) is 0 Å². The highest BCUT2D eigenvalue weighted by molar-refractivity contribution is 6.30. The summed E-state index contributed by atoms with van der Waals surface area (Å²) in [7, 11) is 1.98. The van der Waals surface area contributed by atoms with Crippen LogP contribution in [-0.2, 0) is 16.0 Å². The molecule has 7 atom stereocenters. The molecule has 1 N–H and O–H groups in total. The lowest BCUT2D eigenvalue weighted by Gasteiger charge is -2.60. The summed E-state index contributed by atoms with van der Waals surface area (Å²) in [4.78, 5) is 27.1. The van der Waals surface area contributed by atoms with Crippen LogP contribution in [0.4, 0.5) is 0 Å². The predicted molar refractivity (Wildman–Crippen MR) is 127 cm³/mol. The maximum atomic E-state index is 12.9. The highest BCUT2D eigenvalue weighted by Crippen LogP contribution is 2.63. The van der Waals surface area contributed by atoms with Gasteiger partial charge in [0.25, 0.3) is 0 Å². The number of hydrogen-bond acceptors (Lipinski definition) is 2. The van der Waals surface area contributed by atoms with Crippen molar-refractivity contribution in [3.63, 3.8) is 0 Å². The van der Waals surface area contributed by atoms with Crippen LogP contribution in [0.1, 0.15) is 57.9 Å². The number of carbonyl (C=O) groups is 2. The lowest BCUT2D eigenvalue weighted by Crippen LogP contribution is -2.60. The molecule has 3 aliphatic carbocycles. The number of benzene rings is 1. The number of rotatable bonds is 3. The van der Waals surface area contributed by atoms with E-state index in [-0.39, 0.29) is 28.7 Å². The van der Waals surface area contributed by atoms with Crippen molar-refractivity contribution in [2.24, 2.45) is 28.6 Å². The monoisotopic (exact) mass is 454 g/mol.